The van der Waals surface area contributed by atoms with Crippen LogP contribution in [0, 0.1) is 6.92 Å². The number of benzene rings is 1. The molecule has 0 aliphatic rings. The number of hydrogen-bond acceptors (Lipinski definition) is 1. The highest BCUT2D eigenvalue weighted by Crippen LogP contribution is 2.29. The summed E-state index contributed by atoms with van der Waals surface area (Å²) in [6.45, 7) is 14.6. The maximum atomic E-state index is 12.4. The van der Waals surface area contributed by atoms with Crippen LogP contribution in [0.1, 0.15) is 52.7 Å². The van der Waals surface area contributed by atoms with E-state index in [0.717, 1.165) is 10.5 Å². The molecule has 0 aliphatic carbocycles. The summed E-state index contributed by atoms with van der Waals surface area (Å²) in [4.78, 5) is 0.892. The minimum Gasteiger partial charge on any atom is -0.237 e. The zero-order valence-electron chi connectivity index (χ0n) is 12.5. The van der Waals surface area contributed by atoms with Gasteiger partial charge in [0.05, 0.1) is 4.90 Å². The lowest BCUT2D eigenvalue weighted by molar-refractivity contribution is 0.516. The molecule has 0 saturated heterocycles. The summed E-state index contributed by atoms with van der Waals surface area (Å²) >= 11 is 0. The first-order chi connectivity index (χ1) is 8.00. The minimum absolute atomic E-state index is 0.00340. The second-order valence-corrected chi connectivity index (χ2v) is 8.05. The van der Waals surface area contributed by atoms with Crippen LogP contribution in [0.25, 0.3) is 0 Å². The Kier molecular flexibility index (Phi) is 4.39. The van der Waals surface area contributed by atoms with Crippen LogP contribution in [0.2, 0.25) is 0 Å². The first-order valence-corrected chi connectivity index (χ1v) is 7.46. The Bertz CT molecular complexity index is 453. The molecule has 102 valence electrons. The minimum atomic E-state index is -1.17. The molecule has 0 spiro atoms. The fourth-order valence-electron chi connectivity index (χ4n) is 1.72. The highest BCUT2D eigenvalue weighted by Gasteiger charge is 2.23. The molecular formula is C15H25NOS. The Morgan fingerprint density at radius 2 is 1.61 bits per heavy atom. The summed E-state index contributed by atoms with van der Waals surface area (Å²) in [7, 11) is -1.17. The predicted molar refractivity (Wildman–Crippen MR) is 79.2 cm³/mol. The van der Waals surface area contributed by atoms with Gasteiger partial charge in [0.1, 0.15) is 11.0 Å². The molecule has 1 aromatic rings. The Morgan fingerprint density at radius 1 is 1.06 bits per heavy atom. The second-order valence-electron chi connectivity index (χ2n) is 6.87. The Labute approximate surface area is 114 Å². The molecule has 0 fully saturated rings. The van der Waals surface area contributed by atoms with Crippen molar-refractivity contribution in [3.63, 3.8) is 0 Å². The smallest absolute Gasteiger partial charge is 0.125 e. The van der Waals surface area contributed by atoms with Crippen molar-refractivity contribution in [3.05, 3.63) is 29.3 Å². The lowest BCUT2D eigenvalue weighted by Crippen LogP contribution is -2.37. The van der Waals surface area contributed by atoms with Gasteiger partial charge in [-0.1, -0.05) is 38.5 Å². The van der Waals surface area contributed by atoms with Crippen molar-refractivity contribution in [1.82, 2.24) is 4.72 Å². The van der Waals surface area contributed by atoms with Gasteiger partial charge in [0, 0.05) is 5.54 Å². The summed E-state index contributed by atoms with van der Waals surface area (Å²) < 4.78 is 15.6. The van der Waals surface area contributed by atoms with Gasteiger partial charge in [0.25, 0.3) is 0 Å². The molecule has 1 atom stereocenters. The van der Waals surface area contributed by atoms with Crippen molar-refractivity contribution in [2.45, 2.75) is 64.3 Å². The third-order valence-electron chi connectivity index (χ3n) is 2.54. The monoisotopic (exact) mass is 267 g/mol. The van der Waals surface area contributed by atoms with Crippen LogP contribution < -0.4 is 4.72 Å². The van der Waals surface area contributed by atoms with E-state index in [0.29, 0.717) is 0 Å². The first-order valence-electron chi connectivity index (χ1n) is 6.31. The van der Waals surface area contributed by atoms with Gasteiger partial charge in [-0.15, -0.1) is 0 Å². The van der Waals surface area contributed by atoms with Gasteiger partial charge in [0.15, 0.2) is 0 Å². The number of nitrogens with one attached hydrogen (secondary N) is 1. The van der Waals surface area contributed by atoms with Crippen molar-refractivity contribution in [3.8, 4) is 0 Å². The average Bonchev–Trinajstić information content (AvgIpc) is 2.13. The molecule has 0 saturated carbocycles. The Hall–Kier alpha value is -0.670. The van der Waals surface area contributed by atoms with E-state index in [-0.39, 0.29) is 11.0 Å². The van der Waals surface area contributed by atoms with Gasteiger partial charge < -0.3 is 0 Å². The molecule has 0 aromatic heterocycles. The van der Waals surface area contributed by atoms with Crippen molar-refractivity contribution in [2.75, 3.05) is 0 Å². The Morgan fingerprint density at radius 3 is 2.06 bits per heavy atom. The SMILES string of the molecule is Cc1ccc(S(=O)NC(C)(C)C)c(C(C)(C)C)c1. The van der Waals surface area contributed by atoms with Crippen molar-refractivity contribution in [1.29, 1.82) is 0 Å². The molecule has 18 heavy (non-hydrogen) atoms. The van der Waals surface area contributed by atoms with Crippen molar-refractivity contribution >= 4 is 11.0 Å². The zero-order chi connectivity index (χ0) is 14.1. The van der Waals surface area contributed by atoms with E-state index in [2.05, 4.69) is 38.5 Å². The summed E-state index contributed by atoms with van der Waals surface area (Å²) in [5.41, 5.74) is 2.19. The van der Waals surface area contributed by atoms with Gasteiger partial charge in [-0.25, -0.2) is 8.93 Å². The van der Waals surface area contributed by atoms with Crippen LogP contribution in [0.3, 0.4) is 0 Å². The van der Waals surface area contributed by atoms with E-state index >= 15 is 0 Å². The molecule has 1 unspecified atom stereocenters. The van der Waals surface area contributed by atoms with Gasteiger partial charge in [-0.2, -0.15) is 0 Å². The quantitative estimate of drug-likeness (QED) is 0.869. The number of hydrogen-bond donors (Lipinski definition) is 1. The maximum absolute atomic E-state index is 12.4. The largest absolute Gasteiger partial charge is 0.237 e. The molecule has 1 rings (SSSR count). The average molecular weight is 267 g/mol. The van der Waals surface area contributed by atoms with Crippen molar-refractivity contribution in [2.24, 2.45) is 0 Å². The summed E-state index contributed by atoms with van der Waals surface area (Å²) in [6.07, 6.45) is 0. The van der Waals surface area contributed by atoms with E-state index in [1.165, 1.54) is 5.56 Å². The molecule has 3 heteroatoms. The van der Waals surface area contributed by atoms with Crippen LogP contribution in [0.15, 0.2) is 23.1 Å². The first kappa shape index (κ1) is 15.4. The molecular weight excluding hydrogens is 242 g/mol. The van der Waals surface area contributed by atoms with E-state index in [1.807, 2.05) is 32.9 Å². The molecule has 2 nitrogen and oxygen atoms in total. The second kappa shape index (κ2) is 5.14. The molecule has 0 bridgehead atoms. The van der Waals surface area contributed by atoms with Crippen LogP contribution in [0.5, 0.6) is 0 Å². The van der Waals surface area contributed by atoms with Gasteiger partial charge in [-0.3, -0.25) is 0 Å². The third-order valence-corrected chi connectivity index (χ3v) is 4.09. The van der Waals surface area contributed by atoms with Gasteiger partial charge in [-0.05, 0) is 44.7 Å². The Balaban J connectivity index is 3.21. The fraction of sp³-hybridized carbons (Fsp3) is 0.600. The van der Waals surface area contributed by atoms with E-state index in [4.69, 9.17) is 0 Å². The maximum Gasteiger partial charge on any atom is 0.125 e. The normalized spacial score (nSPS) is 14.6. The summed E-state index contributed by atoms with van der Waals surface area (Å²) in [5, 5.41) is 0. The zero-order valence-corrected chi connectivity index (χ0v) is 13.4. The van der Waals surface area contributed by atoms with Crippen LogP contribution in [0.4, 0.5) is 0 Å². The van der Waals surface area contributed by atoms with Crippen LogP contribution >= 0.6 is 0 Å². The van der Waals surface area contributed by atoms with E-state index in [1.54, 1.807) is 0 Å². The third kappa shape index (κ3) is 4.21. The van der Waals surface area contributed by atoms with E-state index < -0.39 is 11.0 Å². The predicted octanol–water partition coefficient (Wildman–Crippen LogP) is 3.70. The molecule has 0 radical (unpaired) electrons. The van der Waals surface area contributed by atoms with E-state index in [9.17, 15) is 4.21 Å². The molecule has 0 heterocycles. The van der Waals surface area contributed by atoms with Gasteiger partial charge >= 0.3 is 0 Å². The number of rotatable bonds is 2. The van der Waals surface area contributed by atoms with Crippen LogP contribution in [-0.2, 0) is 16.4 Å². The molecule has 1 N–H and O–H groups in total. The lowest BCUT2D eigenvalue weighted by atomic mass is 9.86. The highest BCUT2D eigenvalue weighted by molar-refractivity contribution is 7.83. The standard InChI is InChI=1S/C15H25NOS/c1-11-8-9-13(12(10-11)14(2,3)4)18(17)16-15(5,6)7/h8-10,16H,1-7H3. The molecule has 0 aliphatic heterocycles. The fourth-order valence-corrected chi connectivity index (χ4v) is 3.15. The summed E-state index contributed by atoms with van der Waals surface area (Å²) in [6, 6.07) is 6.13. The van der Waals surface area contributed by atoms with Crippen molar-refractivity contribution < 1.29 is 4.21 Å². The summed E-state index contributed by atoms with van der Waals surface area (Å²) in [5.74, 6) is 0. The van der Waals surface area contributed by atoms with Crippen LogP contribution in [-0.4, -0.2) is 9.75 Å². The molecule has 1 aromatic carbocycles. The van der Waals surface area contributed by atoms with Gasteiger partial charge in [0.2, 0.25) is 0 Å². The lowest BCUT2D eigenvalue weighted by Gasteiger charge is -2.26. The molecule has 0 amide bonds. The number of aryl methyl sites for hydroxylation is 1. The topological polar surface area (TPSA) is 29.1 Å². The highest BCUT2D eigenvalue weighted by atomic mass is 32.2.